The Kier molecular flexibility index (Phi) is 12.0. The molecular formula is C10H10Cl2Ta-6. The SMILES string of the molecule is [Cl][Ta][Cl].[cH-]1[cH-][cH-][cH-][cH-]1.c1cc[cH-]c1. The first-order valence-corrected chi connectivity index (χ1v) is 11.6. The molecule has 0 amide bonds. The maximum absolute atomic E-state index is 4.94. The zero-order valence-electron chi connectivity index (χ0n) is 6.98. The molecule has 0 aliphatic heterocycles. The van der Waals surface area contributed by atoms with Crippen molar-refractivity contribution < 1.29 is 17.6 Å². The number of hydrogen-bond acceptors (Lipinski definition) is 0. The number of rotatable bonds is 0. The van der Waals surface area contributed by atoms with Crippen LogP contribution in [-0.2, 0) is 17.6 Å². The molecule has 0 nitrogen and oxygen atoms in total. The van der Waals surface area contributed by atoms with Gasteiger partial charge in [-0.15, -0.1) is 0 Å². The summed E-state index contributed by atoms with van der Waals surface area (Å²) >= 11 is -0.889. The quantitative estimate of drug-likeness (QED) is 0.600. The van der Waals surface area contributed by atoms with Crippen LogP contribution in [0.1, 0.15) is 0 Å². The minimum atomic E-state index is -0.889. The van der Waals surface area contributed by atoms with Gasteiger partial charge in [-0.25, -0.2) is 12.1 Å². The van der Waals surface area contributed by atoms with E-state index in [-0.39, 0.29) is 0 Å². The molecule has 0 aromatic heterocycles. The predicted octanol–water partition coefficient (Wildman–Crippen LogP) is 4.19. The Morgan fingerprint density at radius 1 is 0.769 bits per heavy atom. The second-order valence-corrected chi connectivity index (χ2v) is 6.63. The van der Waals surface area contributed by atoms with Crippen molar-refractivity contribution in [2.45, 2.75) is 0 Å². The van der Waals surface area contributed by atoms with Crippen molar-refractivity contribution in [1.29, 1.82) is 0 Å². The van der Waals surface area contributed by atoms with Crippen molar-refractivity contribution in [3.63, 3.8) is 0 Å². The molecule has 0 heterocycles. The van der Waals surface area contributed by atoms with Crippen molar-refractivity contribution in [3.05, 3.63) is 60.7 Å². The molecule has 0 spiro atoms. The summed E-state index contributed by atoms with van der Waals surface area (Å²) in [6.07, 6.45) is 0. The normalized spacial score (nSPS) is 7.23. The van der Waals surface area contributed by atoms with Crippen LogP contribution in [0, 0.1) is 0 Å². The molecule has 0 aliphatic carbocycles. The van der Waals surface area contributed by atoms with Gasteiger partial charge in [0, 0.05) is 0 Å². The maximum Gasteiger partial charge on any atom is -0.172 e. The minimum absolute atomic E-state index is 0.889. The van der Waals surface area contributed by atoms with Crippen LogP contribution in [0.3, 0.4) is 0 Å². The summed E-state index contributed by atoms with van der Waals surface area (Å²) in [5, 5.41) is 0. The van der Waals surface area contributed by atoms with Gasteiger partial charge in [0.1, 0.15) is 0 Å². The van der Waals surface area contributed by atoms with Gasteiger partial charge in [0.05, 0.1) is 0 Å². The van der Waals surface area contributed by atoms with Crippen molar-refractivity contribution in [2.24, 2.45) is 0 Å². The fraction of sp³-hybridized carbons (Fsp3) is 0. The van der Waals surface area contributed by atoms with Crippen molar-refractivity contribution in [3.8, 4) is 0 Å². The van der Waals surface area contributed by atoms with E-state index in [2.05, 4.69) is 0 Å². The van der Waals surface area contributed by atoms with E-state index in [0.29, 0.717) is 0 Å². The van der Waals surface area contributed by atoms with Gasteiger partial charge in [-0.1, -0.05) is 0 Å². The molecule has 0 bridgehead atoms. The fourth-order valence-corrected chi connectivity index (χ4v) is 0.642. The largest absolute Gasteiger partial charge is 0.748 e. The predicted molar refractivity (Wildman–Crippen MR) is 55.8 cm³/mol. The van der Waals surface area contributed by atoms with Crippen LogP contribution in [-0.4, -0.2) is 0 Å². The Morgan fingerprint density at radius 3 is 1.23 bits per heavy atom. The van der Waals surface area contributed by atoms with Crippen LogP contribution in [0.25, 0.3) is 0 Å². The summed E-state index contributed by atoms with van der Waals surface area (Å²) in [4.78, 5) is 0. The van der Waals surface area contributed by atoms with Gasteiger partial charge in [-0.2, -0.15) is 18.2 Å². The molecule has 2 aromatic rings. The van der Waals surface area contributed by atoms with Crippen LogP contribution >= 0.6 is 18.4 Å². The third-order valence-corrected chi connectivity index (χ3v) is 1.11. The Balaban J connectivity index is 0.000000174. The fourth-order valence-electron chi connectivity index (χ4n) is 0.642. The van der Waals surface area contributed by atoms with Crippen LogP contribution in [0.5, 0.6) is 0 Å². The van der Waals surface area contributed by atoms with Gasteiger partial charge >= 0.3 is 36.0 Å². The molecule has 0 fully saturated rings. The minimum Gasteiger partial charge on any atom is -0.748 e. The summed E-state index contributed by atoms with van der Waals surface area (Å²) in [5.41, 5.74) is 0. The van der Waals surface area contributed by atoms with E-state index in [1.54, 1.807) is 0 Å². The van der Waals surface area contributed by atoms with Gasteiger partial charge in [0.2, 0.25) is 0 Å². The zero-order chi connectivity index (χ0) is 9.78. The summed E-state index contributed by atoms with van der Waals surface area (Å²) < 4.78 is 0. The Hall–Kier alpha value is 0.0203. The van der Waals surface area contributed by atoms with Crippen LogP contribution in [0.15, 0.2) is 60.7 Å². The van der Waals surface area contributed by atoms with Crippen LogP contribution in [0.4, 0.5) is 0 Å². The van der Waals surface area contributed by atoms with Gasteiger partial charge in [0.15, 0.2) is 0 Å². The Labute approximate surface area is 96.2 Å². The van der Waals surface area contributed by atoms with Gasteiger partial charge in [-0.3, -0.25) is 0 Å². The molecule has 0 radical (unpaired) electrons. The zero-order valence-corrected chi connectivity index (χ0v) is 11.7. The van der Waals surface area contributed by atoms with Crippen LogP contribution < -0.4 is 0 Å². The maximum atomic E-state index is 4.94. The first kappa shape index (κ1) is 13.0. The van der Waals surface area contributed by atoms with Crippen molar-refractivity contribution in [1.82, 2.24) is 0 Å². The third-order valence-electron chi connectivity index (χ3n) is 1.11. The van der Waals surface area contributed by atoms with E-state index in [1.807, 2.05) is 60.7 Å². The molecule has 13 heavy (non-hydrogen) atoms. The molecule has 0 unspecified atom stereocenters. The third kappa shape index (κ3) is 12.0. The summed E-state index contributed by atoms with van der Waals surface area (Å²) in [7, 11) is 9.89. The summed E-state index contributed by atoms with van der Waals surface area (Å²) in [6.45, 7) is 0. The van der Waals surface area contributed by atoms with Crippen molar-refractivity contribution in [2.75, 3.05) is 0 Å². The Morgan fingerprint density at radius 2 is 1.08 bits per heavy atom. The van der Waals surface area contributed by atoms with Crippen LogP contribution in [0.2, 0.25) is 0 Å². The molecule has 3 heteroatoms. The molecule has 75 valence electrons. The monoisotopic (exact) mass is 381 g/mol. The molecule has 0 aliphatic rings. The van der Waals surface area contributed by atoms with E-state index in [1.165, 1.54) is 0 Å². The van der Waals surface area contributed by atoms with E-state index in [4.69, 9.17) is 18.4 Å². The Bertz CT molecular complexity index is 165. The first-order chi connectivity index (χ1) is 6.41. The molecule has 2 aromatic carbocycles. The van der Waals surface area contributed by atoms with E-state index < -0.39 is 17.6 Å². The standard InChI is InChI=1S/2C5H5.2ClH.Ta/c2*1-2-4-5-3-1;;;/h2*1-5H;2*1H;/q-5;-1;;;+2/p-2. The van der Waals surface area contributed by atoms with Gasteiger partial charge < -0.3 is 30.3 Å². The van der Waals surface area contributed by atoms with E-state index in [9.17, 15) is 0 Å². The molecule has 0 saturated heterocycles. The van der Waals surface area contributed by atoms with Gasteiger partial charge in [0.25, 0.3) is 0 Å². The van der Waals surface area contributed by atoms with Gasteiger partial charge in [-0.05, 0) is 0 Å². The smallest absolute Gasteiger partial charge is 0.172 e. The first-order valence-electron chi connectivity index (χ1n) is 3.67. The second-order valence-electron chi connectivity index (χ2n) is 1.99. The second kappa shape index (κ2) is 12.0. The molecule has 2 rings (SSSR count). The number of hydrogen-bond donors (Lipinski definition) is 0. The average Bonchev–Trinajstić information content (AvgIpc) is 2.85. The van der Waals surface area contributed by atoms with E-state index >= 15 is 0 Å². The van der Waals surface area contributed by atoms with Crippen molar-refractivity contribution >= 4 is 18.4 Å². The topological polar surface area (TPSA) is 0 Å². The molecule has 0 saturated carbocycles. The molecular weight excluding hydrogens is 372 g/mol. The average molecular weight is 382 g/mol. The number of halogens is 2. The summed E-state index contributed by atoms with van der Waals surface area (Å²) in [6, 6.07) is 20.0. The molecule has 0 atom stereocenters. The molecule has 0 N–H and O–H groups in total. The van der Waals surface area contributed by atoms with E-state index in [0.717, 1.165) is 0 Å². The summed E-state index contributed by atoms with van der Waals surface area (Å²) in [5.74, 6) is 0.